The Morgan fingerprint density at radius 2 is 1.13 bits per heavy atom. The zero-order valence-corrected chi connectivity index (χ0v) is 21.3. The Hall–Kier alpha value is -5.15. The van der Waals surface area contributed by atoms with Gasteiger partial charge in [0, 0.05) is 23.7 Å². The number of nitrogens with one attached hydrogen (secondary N) is 1. The lowest BCUT2D eigenvalue weighted by Crippen LogP contribution is -2.02. The third kappa shape index (κ3) is 4.24. The first-order valence-corrected chi connectivity index (χ1v) is 13.2. The maximum absolute atomic E-state index is 10.9. The van der Waals surface area contributed by atoms with E-state index in [1.807, 2.05) is 42.5 Å². The lowest BCUT2D eigenvalue weighted by molar-refractivity contribution is 0.481. The first-order valence-electron chi connectivity index (χ1n) is 13.2. The van der Waals surface area contributed by atoms with Crippen LogP contribution in [-0.4, -0.2) is 11.3 Å². The number of anilines is 1. The van der Waals surface area contributed by atoms with Gasteiger partial charge in [0.05, 0.1) is 11.4 Å². The summed E-state index contributed by atoms with van der Waals surface area (Å²) >= 11 is 0. The average molecular weight is 503 g/mol. The van der Waals surface area contributed by atoms with Gasteiger partial charge in [-0.05, 0) is 67.5 Å². The predicted octanol–water partition coefficient (Wildman–Crippen LogP) is 9.37. The minimum absolute atomic E-state index is 0.245. The topological polar surface area (TPSA) is 44.6 Å². The van der Waals surface area contributed by atoms with Crippen molar-refractivity contribution in [2.75, 3.05) is 5.32 Å². The van der Waals surface area contributed by atoms with Crippen molar-refractivity contribution in [3.8, 4) is 5.75 Å². The van der Waals surface area contributed by atoms with Crippen LogP contribution in [-0.2, 0) is 6.54 Å². The van der Waals surface area contributed by atoms with E-state index in [4.69, 9.17) is 4.99 Å². The summed E-state index contributed by atoms with van der Waals surface area (Å²) in [4.78, 5) is 4.88. The van der Waals surface area contributed by atoms with Crippen LogP contribution in [0.4, 0.5) is 11.4 Å². The second-order valence-corrected chi connectivity index (χ2v) is 9.85. The van der Waals surface area contributed by atoms with Crippen LogP contribution >= 0.6 is 0 Å². The van der Waals surface area contributed by atoms with E-state index in [0.29, 0.717) is 12.1 Å². The molecule has 0 heterocycles. The number of hydrogen-bond acceptors (Lipinski definition) is 3. The van der Waals surface area contributed by atoms with E-state index in [-0.39, 0.29) is 5.75 Å². The summed E-state index contributed by atoms with van der Waals surface area (Å²) in [5.41, 5.74) is 3.72. The standard InChI is InChI=1S/C36H26N2O/c39-36-29(18-17-24-9-3-8-16-32(24)36)22-37-34-20-25-10-1-2-11-26(25)21-35(34)38-23-33-30-14-6-4-12-27(30)19-28-13-5-7-15-31(28)33/h1-22,38-39H,23H2. The highest BCUT2D eigenvalue weighted by Crippen LogP contribution is 2.34. The summed E-state index contributed by atoms with van der Waals surface area (Å²) in [6.07, 6.45) is 1.75. The summed E-state index contributed by atoms with van der Waals surface area (Å²) < 4.78 is 0. The quantitative estimate of drug-likeness (QED) is 0.182. The maximum atomic E-state index is 10.9. The van der Waals surface area contributed by atoms with Gasteiger partial charge >= 0.3 is 0 Å². The summed E-state index contributed by atoms with van der Waals surface area (Å²) in [7, 11) is 0. The molecule has 0 aliphatic rings. The Morgan fingerprint density at radius 3 is 1.82 bits per heavy atom. The van der Waals surface area contributed by atoms with Gasteiger partial charge in [-0.2, -0.15) is 0 Å². The van der Waals surface area contributed by atoms with Gasteiger partial charge in [-0.3, -0.25) is 4.99 Å². The molecule has 0 aliphatic carbocycles. The normalized spacial score (nSPS) is 11.7. The van der Waals surface area contributed by atoms with Gasteiger partial charge in [0.25, 0.3) is 0 Å². The Bertz CT molecular complexity index is 1990. The van der Waals surface area contributed by atoms with E-state index in [9.17, 15) is 5.11 Å². The van der Waals surface area contributed by atoms with Gasteiger partial charge < -0.3 is 10.4 Å². The van der Waals surface area contributed by atoms with E-state index in [1.165, 1.54) is 27.1 Å². The second kappa shape index (κ2) is 9.62. The molecule has 0 bridgehead atoms. The number of phenolic OH excluding ortho intramolecular Hbond substituents is 1. The van der Waals surface area contributed by atoms with Crippen molar-refractivity contribution in [3.05, 3.63) is 139 Å². The van der Waals surface area contributed by atoms with Crippen molar-refractivity contribution in [1.82, 2.24) is 0 Å². The lowest BCUT2D eigenvalue weighted by atomic mass is 9.96. The van der Waals surface area contributed by atoms with Crippen LogP contribution in [0.1, 0.15) is 11.1 Å². The number of aliphatic imine (C=N–C) groups is 1. The number of fused-ring (bicyclic) bond motifs is 4. The molecule has 0 saturated heterocycles. The number of phenols is 1. The van der Waals surface area contributed by atoms with Crippen molar-refractivity contribution >= 4 is 60.7 Å². The molecule has 0 amide bonds. The summed E-state index contributed by atoms with van der Waals surface area (Å²) in [6.45, 7) is 0.657. The molecule has 0 radical (unpaired) electrons. The van der Waals surface area contributed by atoms with Crippen molar-refractivity contribution < 1.29 is 5.11 Å². The van der Waals surface area contributed by atoms with Crippen LogP contribution in [0.5, 0.6) is 5.75 Å². The third-order valence-corrected chi connectivity index (χ3v) is 7.48. The smallest absolute Gasteiger partial charge is 0.132 e. The molecule has 0 unspecified atom stereocenters. The zero-order valence-electron chi connectivity index (χ0n) is 21.3. The van der Waals surface area contributed by atoms with Crippen LogP contribution in [0.15, 0.2) is 132 Å². The van der Waals surface area contributed by atoms with Crippen molar-refractivity contribution in [2.24, 2.45) is 4.99 Å². The molecular weight excluding hydrogens is 476 g/mol. The molecule has 2 N–H and O–H groups in total. The Labute approximate surface area is 226 Å². The van der Waals surface area contributed by atoms with Crippen LogP contribution in [0.3, 0.4) is 0 Å². The van der Waals surface area contributed by atoms with Gasteiger partial charge in [-0.15, -0.1) is 0 Å². The SMILES string of the molecule is Oc1c(C=Nc2cc3ccccc3cc2NCc2c3ccccc3cc3ccccc23)ccc2ccccc12. The highest BCUT2D eigenvalue weighted by Gasteiger charge is 2.10. The fourth-order valence-corrected chi connectivity index (χ4v) is 5.47. The number of nitrogens with zero attached hydrogens (tertiary/aromatic N) is 1. The van der Waals surface area contributed by atoms with Gasteiger partial charge in [0.2, 0.25) is 0 Å². The monoisotopic (exact) mass is 502 g/mol. The molecule has 0 atom stereocenters. The maximum Gasteiger partial charge on any atom is 0.132 e. The molecule has 7 rings (SSSR count). The molecule has 39 heavy (non-hydrogen) atoms. The highest BCUT2D eigenvalue weighted by atomic mass is 16.3. The molecular formula is C36H26N2O. The summed E-state index contributed by atoms with van der Waals surface area (Å²) in [5, 5.41) is 23.7. The van der Waals surface area contributed by atoms with E-state index >= 15 is 0 Å². The minimum Gasteiger partial charge on any atom is -0.507 e. The third-order valence-electron chi connectivity index (χ3n) is 7.48. The van der Waals surface area contributed by atoms with Crippen LogP contribution in [0, 0.1) is 0 Å². The highest BCUT2D eigenvalue weighted by molar-refractivity contribution is 6.03. The molecule has 0 spiro atoms. The molecule has 3 nitrogen and oxygen atoms in total. The van der Waals surface area contributed by atoms with Crippen molar-refractivity contribution in [3.63, 3.8) is 0 Å². The number of hydrogen-bond donors (Lipinski definition) is 2. The fourth-order valence-electron chi connectivity index (χ4n) is 5.47. The average Bonchev–Trinajstić information content (AvgIpc) is 2.99. The molecule has 0 aromatic heterocycles. The van der Waals surface area contributed by atoms with Crippen LogP contribution in [0.25, 0.3) is 43.1 Å². The number of aromatic hydroxyl groups is 1. The largest absolute Gasteiger partial charge is 0.507 e. The minimum atomic E-state index is 0.245. The molecule has 0 saturated carbocycles. The van der Waals surface area contributed by atoms with Crippen molar-refractivity contribution in [1.29, 1.82) is 0 Å². The molecule has 7 aromatic carbocycles. The van der Waals surface area contributed by atoms with Gasteiger partial charge in [-0.25, -0.2) is 0 Å². The molecule has 0 aliphatic heterocycles. The number of benzene rings is 7. The van der Waals surface area contributed by atoms with E-state index in [0.717, 1.165) is 32.9 Å². The molecule has 0 fully saturated rings. The second-order valence-electron chi connectivity index (χ2n) is 9.85. The zero-order chi connectivity index (χ0) is 26.2. The fraction of sp³-hybridized carbons (Fsp3) is 0.0278. The van der Waals surface area contributed by atoms with E-state index < -0.39 is 0 Å². The van der Waals surface area contributed by atoms with Gasteiger partial charge in [-0.1, -0.05) is 103 Å². The first-order chi connectivity index (χ1) is 19.2. The lowest BCUT2D eigenvalue weighted by Gasteiger charge is -2.15. The Morgan fingerprint density at radius 1 is 0.564 bits per heavy atom. The van der Waals surface area contributed by atoms with E-state index in [2.05, 4.69) is 90.2 Å². The summed E-state index contributed by atoms with van der Waals surface area (Å²) in [5.74, 6) is 0.245. The molecule has 7 aromatic rings. The van der Waals surface area contributed by atoms with Crippen LogP contribution < -0.4 is 5.32 Å². The van der Waals surface area contributed by atoms with E-state index in [1.54, 1.807) is 6.21 Å². The number of rotatable bonds is 5. The molecule has 186 valence electrons. The first kappa shape index (κ1) is 23.0. The van der Waals surface area contributed by atoms with Gasteiger partial charge in [0.15, 0.2) is 0 Å². The molecule has 3 heteroatoms. The predicted molar refractivity (Wildman–Crippen MR) is 166 cm³/mol. The van der Waals surface area contributed by atoms with Crippen LogP contribution in [0.2, 0.25) is 0 Å². The van der Waals surface area contributed by atoms with Gasteiger partial charge in [0.1, 0.15) is 5.75 Å². The Balaban J connectivity index is 1.31. The van der Waals surface area contributed by atoms with Crippen molar-refractivity contribution in [2.45, 2.75) is 6.54 Å². The Kier molecular flexibility index (Phi) is 5.68. The summed E-state index contributed by atoms with van der Waals surface area (Å²) in [6, 6.07) is 43.7.